The number of rotatable bonds is 4. The van der Waals surface area contributed by atoms with Crippen molar-refractivity contribution in [2.45, 2.75) is 139 Å². The second kappa shape index (κ2) is 14.7. The van der Waals surface area contributed by atoms with Gasteiger partial charge in [-0.1, -0.05) is 83.5 Å². The van der Waals surface area contributed by atoms with Gasteiger partial charge in [-0.3, -0.25) is 9.84 Å². The van der Waals surface area contributed by atoms with Gasteiger partial charge in [0.25, 0.3) is 0 Å². The van der Waals surface area contributed by atoms with E-state index in [1.165, 1.54) is 51.0 Å². The highest BCUT2D eigenvalue weighted by Crippen LogP contribution is 2.41. The first-order chi connectivity index (χ1) is 17.6. The third-order valence-corrected chi connectivity index (χ3v) is 8.50. The van der Waals surface area contributed by atoms with Gasteiger partial charge < -0.3 is 39.8 Å². The van der Waals surface area contributed by atoms with E-state index < -0.39 is 57.0 Å². The van der Waals surface area contributed by atoms with Crippen LogP contribution in [0.25, 0.3) is 0 Å². The lowest BCUT2D eigenvalue weighted by molar-refractivity contribution is -0.152. The van der Waals surface area contributed by atoms with E-state index >= 15 is 0 Å². The van der Waals surface area contributed by atoms with Gasteiger partial charge in [0, 0.05) is 6.20 Å². The number of hydrogen-bond donors (Lipinski definition) is 7. The summed E-state index contributed by atoms with van der Waals surface area (Å²) in [7, 11) is -4.80. The van der Waals surface area contributed by atoms with E-state index in [1.807, 2.05) is 0 Å². The largest absolute Gasteiger partial charge is 0.469 e. The maximum Gasteiger partial charge on any atom is 0.469 e. The molecule has 12 heteroatoms. The summed E-state index contributed by atoms with van der Waals surface area (Å²) in [5.74, 6) is 0. The quantitative estimate of drug-likeness (QED) is 0.256. The van der Waals surface area contributed by atoms with E-state index in [-0.39, 0.29) is 0 Å². The molecule has 6 unspecified atom stereocenters. The highest BCUT2D eigenvalue weighted by Gasteiger charge is 2.53. The predicted molar refractivity (Wildman–Crippen MR) is 137 cm³/mol. The molecule has 3 rings (SSSR count). The summed E-state index contributed by atoms with van der Waals surface area (Å²) < 4.78 is 21.6. The fourth-order valence-electron chi connectivity index (χ4n) is 5.91. The summed E-state index contributed by atoms with van der Waals surface area (Å²) in [6.45, 7) is -0.604. The fraction of sp³-hybridized carbons (Fsp3) is 0.920. The Morgan fingerprint density at radius 1 is 0.838 bits per heavy atom. The molecule has 11 nitrogen and oxygen atoms in total. The number of aliphatic hydroxyl groups excluding tert-OH is 4. The molecule has 0 aromatic carbocycles. The molecule has 37 heavy (non-hydrogen) atoms. The summed E-state index contributed by atoms with van der Waals surface area (Å²) in [5, 5.41) is 46.2. The Morgan fingerprint density at radius 3 is 1.81 bits per heavy atom. The first-order valence-corrected chi connectivity index (χ1v) is 15.5. The maximum atomic E-state index is 11.4. The zero-order valence-corrected chi connectivity index (χ0v) is 22.6. The molecular formula is C25H47N2O9P. The molecule has 0 aromatic heterocycles. The minimum atomic E-state index is -4.80. The number of nitrogens with one attached hydrogen (secondary N) is 1. The summed E-state index contributed by atoms with van der Waals surface area (Å²) >= 11 is 0. The van der Waals surface area contributed by atoms with Gasteiger partial charge in [0.15, 0.2) is 6.23 Å². The van der Waals surface area contributed by atoms with Gasteiger partial charge in [-0.15, -0.1) is 0 Å². The van der Waals surface area contributed by atoms with E-state index in [9.17, 15) is 25.0 Å². The van der Waals surface area contributed by atoms with Crippen molar-refractivity contribution in [1.29, 1.82) is 0 Å². The molecule has 0 bridgehead atoms. The summed E-state index contributed by atoms with van der Waals surface area (Å²) in [5.41, 5.74) is -0.935. The van der Waals surface area contributed by atoms with Crippen LogP contribution >= 0.6 is 7.82 Å². The van der Waals surface area contributed by atoms with E-state index in [0.717, 1.165) is 38.5 Å². The van der Waals surface area contributed by atoms with Gasteiger partial charge in [0.05, 0.1) is 12.1 Å². The Kier molecular flexibility index (Phi) is 12.3. The lowest BCUT2D eigenvalue weighted by atomic mass is 9.82. The van der Waals surface area contributed by atoms with Gasteiger partial charge in [-0.25, -0.2) is 4.57 Å². The van der Waals surface area contributed by atoms with Crippen LogP contribution in [-0.4, -0.2) is 84.3 Å². The molecule has 1 spiro atoms. The van der Waals surface area contributed by atoms with E-state index in [2.05, 4.69) is 9.84 Å². The second-order valence-corrected chi connectivity index (χ2v) is 12.0. The lowest BCUT2D eigenvalue weighted by Crippen LogP contribution is -2.63. The van der Waals surface area contributed by atoms with Crippen LogP contribution < -0.4 is 5.32 Å². The lowest BCUT2D eigenvalue weighted by Gasteiger charge is -2.49. The first-order valence-electron chi connectivity index (χ1n) is 13.9. The fourth-order valence-corrected chi connectivity index (χ4v) is 6.25. The van der Waals surface area contributed by atoms with Crippen LogP contribution in [0.15, 0.2) is 12.3 Å². The molecule has 0 aromatic rings. The van der Waals surface area contributed by atoms with Crippen molar-refractivity contribution in [3.63, 3.8) is 0 Å². The Hall–Kier alpha value is -0.590. The molecule has 0 radical (unpaired) electrons. The summed E-state index contributed by atoms with van der Waals surface area (Å²) in [4.78, 5) is 19.8. The molecular weight excluding hydrogens is 503 g/mol. The third-order valence-electron chi connectivity index (χ3n) is 8.02. The van der Waals surface area contributed by atoms with Crippen molar-refractivity contribution in [2.24, 2.45) is 0 Å². The van der Waals surface area contributed by atoms with Crippen LogP contribution in [0, 0.1) is 0 Å². The van der Waals surface area contributed by atoms with Crippen molar-refractivity contribution in [3.05, 3.63) is 12.3 Å². The molecule has 2 heterocycles. The number of ether oxygens (including phenoxy) is 1. The monoisotopic (exact) mass is 550 g/mol. The van der Waals surface area contributed by atoms with Crippen molar-refractivity contribution in [2.75, 3.05) is 6.61 Å². The van der Waals surface area contributed by atoms with Crippen molar-refractivity contribution in [1.82, 2.24) is 10.2 Å². The average Bonchev–Trinajstić information content (AvgIpc) is 3.04. The predicted octanol–water partition coefficient (Wildman–Crippen LogP) is 2.20. The van der Waals surface area contributed by atoms with E-state index in [1.54, 1.807) is 11.1 Å². The van der Waals surface area contributed by atoms with Gasteiger partial charge in [-0.2, -0.15) is 0 Å². The van der Waals surface area contributed by atoms with Gasteiger partial charge in [0.1, 0.15) is 30.8 Å². The molecule has 1 aliphatic carbocycles. The van der Waals surface area contributed by atoms with Crippen molar-refractivity contribution in [3.8, 4) is 0 Å². The Balaban J connectivity index is 1.83. The van der Waals surface area contributed by atoms with Crippen LogP contribution in [0.1, 0.15) is 96.3 Å². The summed E-state index contributed by atoms with van der Waals surface area (Å²) in [6, 6.07) is 0. The Bertz CT molecular complexity index is 736. The number of phosphoric ester groups is 1. The zero-order chi connectivity index (χ0) is 26.9. The highest BCUT2D eigenvalue weighted by molar-refractivity contribution is 7.46. The number of hydrogen-bond acceptors (Lipinski definition) is 9. The second-order valence-electron chi connectivity index (χ2n) is 10.8. The smallest absolute Gasteiger partial charge is 0.387 e. The molecule has 0 amide bonds. The molecule has 216 valence electrons. The molecule has 1 saturated carbocycles. The maximum absolute atomic E-state index is 11.4. The molecule has 6 atom stereocenters. The topological polar surface area (TPSA) is 172 Å². The Morgan fingerprint density at radius 2 is 1.32 bits per heavy atom. The number of aliphatic hydroxyl groups is 4. The number of phosphoric acid groups is 1. The zero-order valence-electron chi connectivity index (χ0n) is 21.7. The minimum Gasteiger partial charge on any atom is -0.387 e. The standard InChI is InChI=1S/C25H47N2O9P/c28-20-14-17-27(23-22(30)21(29)19(36-23)18-35-37(32,33)34)25(24(31)26-20)15-12-10-8-6-4-2-1-3-5-7-9-11-13-16-25/h14,17,19-24,26,28-31H,1-13,15-16,18H2,(H2,32,33,34). The molecule has 1 saturated heterocycles. The van der Waals surface area contributed by atoms with Gasteiger partial charge in [-0.05, 0) is 18.9 Å². The molecule has 2 aliphatic heterocycles. The third kappa shape index (κ3) is 8.96. The molecule has 3 aliphatic rings. The van der Waals surface area contributed by atoms with Crippen LogP contribution in [0.5, 0.6) is 0 Å². The summed E-state index contributed by atoms with van der Waals surface area (Å²) in [6.07, 6.45) is 11.3. The van der Waals surface area contributed by atoms with Gasteiger partial charge in [0.2, 0.25) is 0 Å². The average molecular weight is 551 g/mol. The SMILES string of the molecule is O=P(O)(O)OCC1OC(N2C=CC(O)NC(O)C23CCCCCCCCCCCCCCC3)C(O)C1O. The van der Waals surface area contributed by atoms with Crippen LogP contribution in [0.2, 0.25) is 0 Å². The van der Waals surface area contributed by atoms with Gasteiger partial charge >= 0.3 is 7.82 Å². The Labute approximate surface area is 220 Å². The van der Waals surface area contributed by atoms with Crippen LogP contribution in [-0.2, 0) is 13.8 Å². The highest BCUT2D eigenvalue weighted by atomic mass is 31.2. The van der Waals surface area contributed by atoms with Crippen LogP contribution in [0.3, 0.4) is 0 Å². The van der Waals surface area contributed by atoms with Crippen LogP contribution in [0.4, 0.5) is 0 Å². The normalized spacial score (nSPS) is 35.5. The molecule has 7 N–H and O–H groups in total. The van der Waals surface area contributed by atoms with E-state index in [4.69, 9.17) is 14.5 Å². The molecule has 2 fully saturated rings. The van der Waals surface area contributed by atoms with Crippen molar-refractivity contribution >= 4 is 7.82 Å². The number of nitrogens with zero attached hydrogens (tertiary/aromatic N) is 1. The minimum absolute atomic E-state index is 0.574. The van der Waals surface area contributed by atoms with Crippen molar-refractivity contribution < 1.29 is 44.0 Å². The van der Waals surface area contributed by atoms with E-state index in [0.29, 0.717) is 12.8 Å². The first kappa shape index (κ1) is 30.9.